The summed E-state index contributed by atoms with van der Waals surface area (Å²) in [5, 5.41) is 19.2. The van der Waals surface area contributed by atoms with E-state index in [1.165, 1.54) is 0 Å². The number of aliphatic hydroxyl groups is 2. The van der Waals surface area contributed by atoms with E-state index in [0.29, 0.717) is 0 Å². The highest BCUT2D eigenvalue weighted by Crippen LogP contribution is 2.84. The quantitative estimate of drug-likeness (QED) is 0.539. The van der Waals surface area contributed by atoms with Gasteiger partial charge in [-0.15, -0.1) is 0 Å². The first-order chi connectivity index (χ1) is 6.07. The predicted octanol–water partition coefficient (Wildman–Crippen LogP) is -0.417. The van der Waals surface area contributed by atoms with Crippen molar-refractivity contribution in [2.45, 2.75) is 17.7 Å². The molecule has 0 atom stereocenters. The molecule has 0 radical (unpaired) electrons. The molecule has 0 aromatic rings. The lowest BCUT2D eigenvalue weighted by molar-refractivity contribution is -0.462. The van der Waals surface area contributed by atoms with Crippen LogP contribution in [0.15, 0.2) is 0 Å². The summed E-state index contributed by atoms with van der Waals surface area (Å²) in [4.78, 5) is 0. The van der Waals surface area contributed by atoms with Crippen LogP contribution >= 0.6 is 17.2 Å². The molecule has 6 aliphatic rings. The normalized spacial score (nSPS) is 72.5. The second-order valence-corrected chi connectivity index (χ2v) is 4.77. The number of rotatable bonds is 0. The Hall–Kier alpha value is 0.540. The van der Waals surface area contributed by atoms with E-state index in [1.54, 1.807) is 0 Å². The fourth-order valence-electron chi connectivity index (χ4n) is 1.39. The number of hydrogen-bond acceptors (Lipinski definition) is 8. The summed E-state index contributed by atoms with van der Waals surface area (Å²) in [6.07, 6.45) is 0. The Balaban J connectivity index is 1.87. The molecule has 0 saturated carbocycles. The fourth-order valence-corrected chi connectivity index (χ4v) is 3.87. The van der Waals surface area contributed by atoms with Gasteiger partial charge < -0.3 is 10.2 Å². The standard InChI is InChI=1S/C3H2O8P2/c4-2-1(6-12(8-2)9-2)3(5)10-13(7-1)11-3/h4-5H. The molecular weight excluding hydrogens is 226 g/mol. The molecule has 1 spiro atoms. The molecule has 0 amide bonds. The van der Waals surface area contributed by atoms with Gasteiger partial charge >= 0.3 is 34.9 Å². The van der Waals surface area contributed by atoms with Gasteiger partial charge in [0, 0.05) is 0 Å². The van der Waals surface area contributed by atoms with Crippen LogP contribution in [0.1, 0.15) is 0 Å². The maximum Gasteiger partial charge on any atom is 0.361 e. The highest BCUT2D eigenvalue weighted by atomic mass is 31.2. The zero-order valence-corrected chi connectivity index (χ0v) is 7.53. The van der Waals surface area contributed by atoms with Crippen molar-refractivity contribution in [3.8, 4) is 0 Å². The maximum atomic E-state index is 9.59. The van der Waals surface area contributed by atoms with Gasteiger partial charge in [0.1, 0.15) is 0 Å². The van der Waals surface area contributed by atoms with Gasteiger partial charge in [-0.25, -0.2) is 18.1 Å². The Morgan fingerprint density at radius 3 is 1.31 bits per heavy atom. The van der Waals surface area contributed by atoms with Crippen molar-refractivity contribution in [1.29, 1.82) is 0 Å². The van der Waals surface area contributed by atoms with Crippen molar-refractivity contribution in [3.05, 3.63) is 0 Å². The largest absolute Gasteiger partial charge is 0.361 e. The Labute approximate surface area is 73.2 Å². The monoisotopic (exact) mass is 228 g/mol. The molecule has 0 aromatic carbocycles. The summed E-state index contributed by atoms with van der Waals surface area (Å²) in [5.41, 5.74) is 0. The van der Waals surface area contributed by atoms with E-state index < -0.39 is 34.9 Å². The molecule has 0 aliphatic carbocycles. The van der Waals surface area contributed by atoms with Crippen LogP contribution in [0, 0.1) is 0 Å². The summed E-state index contributed by atoms with van der Waals surface area (Å²) in [5.74, 6) is -6.11. The topological polar surface area (TPSA) is 95.8 Å². The zero-order valence-electron chi connectivity index (χ0n) is 5.74. The minimum atomic E-state index is -2.11. The lowest BCUT2D eigenvalue weighted by Gasteiger charge is -2.37. The summed E-state index contributed by atoms with van der Waals surface area (Å²) < 4.78 is 29.1. The number of hydrogen-bond donors (Lipinski definition) is 2. The molecule has 6 saturated heterocycles. The lowest BCUT2D eigenvalue weighted by Crippen LogP contribution is -2.65. The van der Waals surface area contributed by atoms with Crippen LogP contribution in [0.25, 0.3) is 0 Å². The van der Waals surface area contributed by atoms with Crippen LogP contribution in [0.3, 0.4) is 0 Å². The molecule has 13 heavy (non-hydrogen) atoms. The van der Waals surface area contributed by atoms with Crippen LogP contribution in [0.4, 0.5) is 0 Å². The second-order valence-electron chi connectivity index (χ2n) is 2.78. The van der Waals surface area contributed by atoms with E-state index in [0.717, 1.165) is 0 Å². The molecule has 2 N–H and O–H groups in total. The van der Waals surface area contributed by atoms with Gasteiger partial charge in [-0.1, -0.05) is 0 Å². The third kappa shape index (κ3) is 0.591. The van der Waals surface area contributed by atoms with E-state index >= 15 is 0 Å². The average Bonchev–Trinajstić information content (AvgIpc) is 2.49. The van der Waals surface area contributed by atoms with Gasteiger partial charge in [0.25, 0.3) is 0 Å². The highest BCUT2D eigenvalue weighted by Gasteiger charge is 2.93. The molecule has 6 rings (SSSR count). The fraction of sp³-hybridized carbons (Fsp3) is 1.00. The molecule has 6 aliphatic heterocycles. The van der Waals surface area contributed by atoms with E-state index in [1.807, 2.05) is 0 Å². The first-order valence-electron chi connectivity index (χ1n) is 3.27. The van der Waals surface area contributed by atoms with Gasteiger partial charge in [-0.05, 0) is 0 Å². The predicted molar refractivity (Wildman–Crippen MR) is 33.0 cm³/mol. The molecule has 72 valence electrons. The van der Waals surface area contributed by atoms with Gasteiger partial charge in [-0.2, -0.15) is 0 Å². The molecule has 4 bridgehead atoms. The van der Waals surface area contributed by atoms with E-state index in [9.17, 15) is 10.2 Å². The van der Waals surface area contributed by atoms with Crippen molar-refractivity contribution in [1.82, 2.24) is 0 Å². The van der Waals surface area contributed by atoms with E-state index in [-0.39, 0.29) is 0 Å². The minimum absolute atomic E-state index is 1.65. The molecule has 10 heteroatoms. The first-order valence-corrected chi connectivity index (χ1v) is 5.46. The van der Waals surface area contributed by atoms with Crippen LogP contribution in [-0.4, -0.2) is 27.9 Å². The van der Waals surface area contributed by atoms with Gasteiger partial charge in [-0.3, -0.25) is 9.05 Å². The SMILES string of the molecule is OC12OP(O1)OC21OP2OC1(O)O2. The molecular formula is C3H2O8P2. The third-order valence-electron chi connectivity index (χ3n) is 2.03. The van der Waals surface area contributed by atoms with Crippen LogP contribution in [0.2, 0.25) is 0 Å². The van der Waals surface area contributed by atoms with Crippen molar-refractivity contribution in [3.63, 3.8) is 0 Å². The molecule has 6 heterocycles. The van der Waals surface area contributed by atoms with Crippen molar-refractivity contribution in [2.75, 3.05) is 0 Å². The zero-order chi connectivity index (χ0) is 8.90. The Bertz CT molecular complexity index is 264. The highest BCUT2D eigenvalue weighted by molar-refractivity contribution is 7.45. The summed E-state index contributed by atoms with van der Waals surface area (Å²) in [7, 11) is -3.29. The second kappa shape index (κ2) is 1.79. The van der Waals surface area contributed by atoms with Gasteiger partial charge in [0.15, 0.2) is 0 Å². The third-order valence-corrected chi connectivity index (χ3v) is 4.43. The van der Waals surface area contributed by atoms with Crippen molar-refractivity contribution < 1.29 is 37.4 Å². The summed E-state index contributed by atoms with van der Waals surface area (Å²) in [6.45, 7) is 0. The van der Waals surface area contributed by atoms with Crippen molar-refractivity contribution >= 4 is 17.2 Å². The summed E-state index contributed by atoms with van der Waals surface area (Å²) in [6, 6.07) is 0. The Kier molecular flexibility index (Phi) is 1.07. The minimum Gasteiger partial charge on any atom is -0.338 e. The van der Waals surface area contributed by atoms with Gasteiger partial charge in [0.2, 0.25) is 0 Å². The van der Waals surface area contributed by atoms with Crippen molar-refractivity contribution in [2.24, 2.45) is 0 Å². The molecule has 0 unspecified atom stereocenters. The van der Waals surface area contributed by atoms with Crippen LogP contribution in [-0.2, 0) is 27.1 Å². The lowest BCUT2D eigenvalue weighted by atomic mass is 10.2. The van der Waals surface area contributed by atoms with Crippen LogP contribution < -0.4 is 0 Å². The molecule has 6 fully saturated rings. The molecule has 0 aromatic heterocycles. The smallest absolute Gasteiger partial charge is 0.338 e. The van der Waals surface area contributed by atoms with E-state index in [4.69, 9.17) is 27.1 Å². The average molecular weight is 228 g/mol. The summed E-state index contributed by atoms with van der Waals surface area (Å²) >= 11 is 0. The van der Waals surface area contributed by atoms with Gasteiger partial charge in [0.05, 0.1) is 0 Å². The maximum absolute atomic E-state index is 9.59. The Morgan fingerprint density at radius 2 is 1.08 bits per heavy atom. The van der Waals surface area contributed by atoms with Crippen LogP contribution in [0.5, 0.6) is 0 Å². The first kappa shape index (κ1) is 7.78. The molecule has 8 nitrogen and oxygen atoms in total. The Morgan fingerprint density at radius 1 is 0.692 bits per heavy atom. The van der Waals surface area contributed by atoms with E-state index in [2.05, 4.69) is 0 Å².